The van der Waals surface area contributed by atoms with Crippen molar-refractivity contribution in [1.82, 2.24) is 30.4 Å². The summed E-state index contributed by atoms with van der Waals surface area (Å²) >= 11 is 0. The van der Waals surface area contributed by atoms with E-state index in [0.717, 1.165) is 35.6 Å². The third kappa shape index (κ3) is 9.51. The van der Waals surface area contributed by atoms with Crippen molar-refractivity contribution in [2.45, 2.75) is 95.9 Å². The lowest BCUT2D eigenvalue weighted by Crippen LogP contribution is -2.54. The molecule has 5 aliphatic rings. The van der Waals surface area contributed by atoms with Gasteiger partial charge in [-0.2, -0.15) is 13.2 Å². The topological polar surface area (TPSA) is 218 Å². The maximum atomic E-state index is 14.6. The van der Waals surface area contributed by atoms with Crippen molar-refractivity contribution >= 4 is 63.5 Å². The number of fused-ring (bicyclic) bond motifs is 2. The quantitative estimate of drug-likeness (QED) is 0.0902. The smallest absolute Gasteiger partial charge is 0.416 e. The number of likely N-dealkylation sites (tertiary alicyclic amines) is 1. The van der Waals surface area contributed by atoms with Crippen molar-refractivity contribution in [2.24, 2.45) is 17.3 Å². The Bertz CT molecular complexity index is 2790. The maximum absolute atomic E-state index is 14.6. The molecule has 1 aliphatic carbocycles. The summed E-state index contributed by atoms with van der Waals surface area (Å²) in [6.45, 7) is 5.22. The molecule has 5 N–H and O–H groups in total. The van der Waals surface area contributed by atoms with Gasteiger partial charge >= 0.3 is 6.18 Å². The number of aryl methyl sites for hydroxylation is 1. The lowest BCUT2D eigenvalue weighted by molar-refractivity contribution is -0.143. The number of aromatic nitrogens is 2. The fraction of sp³-hybridized carbons (Fsp3) is 0.480. The number of nitrogens with one attached hydrogen (secondary N) is 3. The Hall–Kier alpha value is -6.99. The van der Waals surface area contributed by atoms with E-state index in [1.807, 2.05) is 4.90 Å². The van der Waals surface area contributed by atoms with Gasteiger partial charge in [0.1, 0.15) is 17.7 Å². The molecule has 1 saturated carbocycles. The zero-order valence-corrected chi connectivity index (χ0v) is 39.4. The van der Waals surface area contributed by atoms with Gasteiger partial charge in [-0.3, -0.25) is 39.0 Å². The fourth-order valence-electron chi connectivity index (χ4n) is 10.6. The summed E-state index contributed by atoms with van der Waals surface area (Å²) in [4.78, 5) is 92.9. The molecule has 4 aliphatic heterocycles. The number of hydrogen-bond acceptors (Lipinski definition) is 13. The van der Waals surface area contributed by atoms with Crippen LogP contribution >= 0.6 is 0 Å². The van der Waals surface area contributed by atoms with Gasteiger partial charge in [-0.05, 0) is 113 Å². The molecule has 4 atom stereocenters. The second-order valence-corrected chi connectivity index (χ2v) is 19.3. The minimum Gasteiger partial charge on any atom is -0.493 e. The highest BCUT2D eigenvalue weighted by molar-refractivity contribution is 6.23. The molecule has 3 aromatic carbocycles. The van der Waals surface area contributed by atoms with Crippen LogP contribution in [0.4, 0.5) is 30.4 Å². The second-order valence-electron chi connectivity index (χ2n) is 19.3. The van der Waals surface area contributed by atoms with E-state index in [9.17, 15) is 41.9 Å². The van der Waals surface area contributed by atoms with Gasteiger partial charge in [0.05, 0.1) is 42.0 Å². The van der Waals surface area contributed by atoms with E-state index in [2.05, 4.69) is 30.8 Å². The van der Waals surface area contributed by atoms with E-state index in [-0.39, 0.29) is 64.8 Å². The van der Waals surface area contributed by atoms with Gasteiger partial charge < -0.3 is 35.6 Å². The van der Waals surface area contributed by atoms with Crippen molar-refractivity contribution < 1.29 is 51.4 Å². The Labute approximate surface area is 402 Å². The molecule has 3 saturated heterocycles. The Morgan fingerprint density at radius 2 is 1.66 bits per heavy atom. The number of carbonyl (C=O) groups is 6. The number of ether oxygens (including phenoxy) is 2. The molecule has 17 nitrogen and oxygen atoms in total. The summed E-state index contributed by atoms with van der Waals surface area (Å²) in [5.74, 6) is -1.14. The van der Waals surface area contributed by atoms with Crippen molar-refractivity contribution in [1.29, 1.82) is 0 Å². The van der Waals surface area contributed by atoms with Crippen LogP contribution in [0.5, 0.6) is 11.5 Å². The van der Waals surface area contributed by atoms with E-state index in [0.29, 0.717) is 98.0 Å². The fourth-order valence-corrected chi connectivity index (χ4v) is 10.6. The third-order valence-electron chi connectivity index (χ3n) is 14.7. The third-order valence-corrected chi connectivity index (χ3v) is 14.7. The number of methoxy groups -OCH3 is 1. The summed E-state index contributed by atoms with van der Waals surface area (Å²) in [7, 11) is 3.14. The van der Waals surface area contributed by atoms with Gasteiger partial charge in [-0.15, -0.1) is 0 Å². The highest BCUT2D eigenvalue weighted by Gasteiger charge is 2.49. The number of rotatable bonds is 13. The van der Waals surface area contributed by atoms with Crippen molar-refractivity contribution in [3.05, 3.63) is 76.6 Å². The minimum absolute atomic E-state index is 0.0141. The molecule has 9 rings (SSSR count). The molecular weight excluding hydrogens is 912 g/mol. The van der Waals surface area contributed by atoms with E-state index in [1.165, 1.54) is 13.2 Å². The lowest BCUT2D eigenvalue weighted by Gasteiger charge is -2.43. The van der Waals surface area contributed by atoms with E-state index in [1.54, 1.807) is 51.2 Å². The number of hydrogen-bond donors (Lipinski definition) is 4. The molecule has 5 heterocycles. The van der Waals surface area contributed by atoms with E-state index >= 15 is 0 Å². The average molecular weight is 968 g/mol. The number of nitrogens with zero attached hydrogens (tertiary/aromatic N) is 5. The molecule has 370 valence electrons. The number of nitrogens with two attached hydrogens (primary N) is 1. The zero-order valence-electron chi connectivity index (χ0n) is 39.4. The number of benzene rings is 3. The number of piperidine rings is 3. The first-order valence-electron chi connectivity index (χ1n) is 23.7. The molecule has 0 bridgehead atoms. The summed E-state index contributed by atoms with van der Waals surface area (Å²) in [6.07, 6.45) is -0.0284. The summed E-state index contributed by atoms with van der Waals surface area (Å²) in [5.41, 5.74) is 6.72. The first kappa shape index (κ1) is 48.1. The van der Waals surface area contributed by atoms with E-state index < -0.39 is 47.5 Å². The van der Waals surface area contributed by atoms with Crippen LogP contribution in [0.3, 0.4) is 0 Å². The molecule has 70 heavy (non-hydrogen) atoms. The highest BCUT2D eigenvalue weighted by atomic mass is 19.4. The van der Waals surface area contributed by atoms with Crippen LogP contribution in [0.2, 0.25) is 0 Å². The Kier molecular flexibility index (Phi) is 12.9. The number of amides is 6. The SMILES string of the molecule is CNC(=O)C1CCN(C(=O)C2CCN(c3ccc4c(c3)C(=O)N(C3CCC(=O)NC3=O)C4=O)CC2)C(CC2(COc3cc4c(N[C@H](C)c5cc(N)cc(C(F)(F)F)c5)nc(C)nc4cc3OC)CC2)C1. The van der Waals surface area contributed by atoms with Crippen LogP contribution in [0.1, 0.15) is 108 Å². The summed E-state index contributed by atoms with van der Waals surface area (Å²) in [6, 6.07) is 10.1. The average Bonchev–Trinajstić information content (AvgIpc) is 4.06. The van der Waals surface area contributed by atoms with Crippen LogP contribution in [0.25, 0.3) is 10.9 Å². The van der Waals surface area contributed by atoms with E-state index in [4.69, 9.17) is 15.2 Å². The number of anilines is 3. The molecule has 0 radical (unpaired) electrons. The van der Waals surface area contributed by atoms with Crippen LogP contribution in [0, 0.1) is 24.2 Å². The van der Waals surface area contributed by atoms with Crippen molar-refractivity contribution in [3.8, 4) is 11.5 Å². The van der Waals surface area contributed by atoms with Crippen LogP contribution in [-0.4, -0.2) is 108 Å². The molecule has 4 fully saturated rings. The molecule has 20 heteroatoms. The van der Waals surface area contributed by atoms with Crippen LogP contribution < -0.4 is 36.1 Å². The first-order chi connectivity index (χ1) is 33.3. The Morgan fingerprint density at radius 1 is 0.929 bits per heavy atom. The number of halogens is 3. The van der Waals surface area contributed by atoms with Gasteiger partial charge in [0, 0.05) is 79.2 Å². The monoisotopic (exact) mass is 967 g/mol. The standard InChI is InChI=1S/C50H56F3N9O8/c1-26(30-17-31(50(51,52)53)20-32(54)18-30)56-43-37-22-41(40(69-4)23-38(37)57-27(2)58-43)70-25-49(12-13-49)24-34-19-29(44(64)55-3)11-16-61(34)46(66)28-9-14-60(15-10-28)33-5-6-35-36(21-33)48(68)62(47(35)67)39-7-8-42(63)59-45(39)65/h5-6,17-18,20-23,26,28-29,34,39H,7-16,19,24-25,54H2,1-4H3,(H,55,64)(H,56,57,58)(H,59,63,65)/t26-,29?,34?,39?/m1/s1. The van der Waals surface area contributed by atoms with Gasteiger partial charge in [-0.25, -0.2) is 9.97 Å². The van der Waals surface area contributed by atoms with Crippen LogP contribution in [-0.2, 0) is 25.4 Å². The second kappa shape index (κ2) is 18.7. The van der Waals surface area contributed by atoms with Crippen LogP contribution in [0.15, 0.2) is 48.5 Å². The predicted octanol–water partition coefficient (Wildman–Crippen LogP) is 5.94. The molecule has 6 amide bonds. The molecular formula is C50H56F3N9O8. The maximum Gasteiger partial charge on any atom is 0.416 e. The highest BCUT2D eigenvalue weighted by Crippen LogP contribution is 2.52. The van der Waals surface area contributed by atoms with Crippen molar-refractivity contribution in [2.75, 3.05) is 56.3 Å². The van der Waals surface area contributed by atoms with Gasteiger partial charge in [-0.1, -0.05) is 0 Å². The number of carbonyl (C=O) groups excluding carboxylic acids is 6. The number of imide groups is 2. The Balaban J connectivity index is 0.878. The lowest BCUT2D eigenvalue weighted by atomic mass is 9.83. The number of nitrogen functional groups attached to an aromatic ring is 1. The predicted molar refractivity (Wildman–Crippen MR) is 251 cm³/mol. The molecule has 3 unspecified atom stereocenters. The Morgan fingerprint density at radius 3 is 2.34 bits per heavy atom. The normalized spacial score (nSPS) is 21.9. The van der Waals surface area contributed by atoms with Gasteiger partial charge in [0.25, 0.3) is 11.8 Å². The molecule has 0 spiro atoms. The van der Waals surface area contributed by atoms with Crippen molar-refractivity contribution in [3.63, 3.8) is 0 Å². The van der Waals surface area contributed by atoms with Gasteiger partial charge in [0.15, 0.2) is 11.5 Å². The summed E-state index contributed by atoms with van der Waals surface area (Å²) < 4.78 is 53.4. The zero-order chi connectivity index (χ0) is 49.8. The molecule has 1 aromatic heterocycles. The minimum atomic E-state index is -4.57. The summed E-state index contributed by atoms with van der Waals surface area (Å²) in [5, 5.41) is 8.84. The number of alkyl halides is 3. The largest absolute Gasteiger partial charge is 0.493 e. The van der Waals surface area contributed by atoms with Gasteiger partial charge in [0.2, 0.25) is 23.6 Å². The first-order valence-corrected chi connectivity index (χ1v) is 23.7. The molecule has 4 aromatic rings.